The van der Waals surface area contributed by atoms with Gasteiger partial charge in [0.15, 0.2) is 0 Å². The van der Waals surface area contributed by atoms with E-state index < -0.39 is 35.2 Å². The number of carbonyl (C=O) groups is 4. The standard InChI is InChI=1S/C25H35N3O5/c1-23(2,3)25(6,7)33-14-13-24(4,5)27-16-10-8-9-15-19(16)22(32)28(21(15)31)17-11-12-18(29)26-20(17)30/h8-10,17,27H,11-14H2,1-7H3,(H,26,29,30). The molecule has 1 fully saturated rings. The van der Waals surface area contributed by atoms with Crippen molar-refractivity contribution >= 4 is 29.3 Å². The minimum atomic E-state index is -0.982. The Morgan fingerprint density at radius 3 is 2.30 bits per heavy atom. The van der Waals surface area contributed by atoms with Gasteiger partial charge >= 0.3 is 0 Å². The van der Waals surface area contributed by atoms with Crippen LogP contribution in [0.15, 0.2) is 18.2 Å². The normalized spacial score (nSPS) is 19.6. The zero-order chi connectivity index (χ0) is 24.8. The number of rotatable bonds is 7. The Bertz CT molecular complexity index is 990. The molecule has 8 nitrogen and oxygen atoms in total. The van der Waals surface area contributed by atoms with Crippen molar-refractivity contribution in [3.8, 4) is 0 Å². The number of hydrogen-bond donors (Lipinski definition) is 2. The molecule has 0 spiro atoms. The van der Waals surface area contributed by atoms with Crippen LogP contribution in [0, 0.1) is 5.41 Å². The Hall–Kier alpha value is -2.74. The molecule has 2 heterocycles. The highest BCUT2D eigenvalue weighted by Gasteiger charge is 2.46. The van der Waals surface area contributed by atoms with E-state index in [9.17, 15) is 19.2 Å². The summed E-state index contributed by atoms with van der Waals surface area (Å²) in [6, 6.07) is 4.09. The maximum Gasteiger partial charge on any atom is 0.264 e. The van der Waals surface area contributed by atoms with Crippen molar-refractivity contribution in [2.45, 2.75) is 84.9 Å². The number of imide groups is 2. The first-order valence-electron chi connectivity index (χ1n) is 11.4. The van der Waals surface area contributed by atoms with E-state index >= 15 is 0 Å². The first-order chi connectivity index (χ1) is 15.1. The minimum absolute atomic E-state index is 0.0168. The van der Waals surface area contributed by atoms with Crippen molar-refractivity contribution in [2.75, 3.05) is 11.9 Å². The van der Waals surface area contributed by atoms with Crippen LogP contribution in [0.3, 0.4) is 0 Å². The predicted molar refractivity (Wildman–Crippen MR) is 125 cm³/mol. The fourth-order valence-electron chi connectivity index (χ4n) is 3.82. The summed E-state index contributed by atoms with van der Waals surface area (Å²) in [5, 5.41) is 5.62. The zero-order valence-electron chi connectivity index (χ0n) is 20.6. The fourth-order valence-corrected chi connectivity index (χ4v) is 3.82. The van der Waals surface area contributed by atoms with E-state index in [1.165, 1.54) is 0 Å². The summed E-state index contributed by atoms with van der Waals surface area (Å²) in [5.74, 6) is -2.04. The van der Waals surface area contributed by atoms with E-state index in [0.717, 1.165) is 4.90 Å². The Kier molecular flexibility index (Phi) is 6.45. The molecule has 2 aliphatic rings. The second-order valence-corrected chi connectivity index (χ2v) is 11.0. The van der Waals surface area contributed by atoms with Gasteiger partial charge in [-0.05, 0) is 58.1 Å². The summed E-state index contributed by atoms with van der Waals surface area (Å²) in [4.78, 5) is 51.1. The second kappa shape index (κ2) is 8.56. The maximum absolute atomic E-state index is 13.3. The van der Waals surface area contributed by atoms with Gasteiger partial charge in [-0.1, -0.05) is 26.8 Å². The van der Waals surface area contributed by atoms with Crippen LogP contribution in [0.4, 0.5) is 5.69 Å². The molecular formula is C25H35N3O5. The molecule has 8 heteroatoms. The van der Waals surface area contributed by atoms with Crippen LogP contribution in [-0.2, 0) is 14.3 Å². The number of carbonyl (C=O) groups excluding carboxylic acids is 4. The molecule has 4 amide bonds. The number of benzene rings is 1. The third-order valence-corrected chi connectivity index (χ3v) is 6.94. The number of anilines is 1. The molecule has 1 unspecified atom stereocenters. The summed E-state index contributed by atoms with van der Waals surface area (Å²) in [5.41, 5.74) is 0.320. The van der Waals surface area contributed by atoms with E-state index in [1.54, 1.807) is 18.2 Å². The van der Waals surface area contributed by atoms with E-state index in [-0.39, 0.29) is 35.0 Å². The molecule has 2 aliphatic heterocycles. The summed E-state index contributed by atoms with van der Waals surface area (Å²) < 4.78 is 6.17. The molecule has 3 rings (SSSR count). The van der Waals surface area contributed by atoms with Crippen LogP contribution >= 0.6 is 0 Å². The Labute approximate surface area is 195 Å². The number of amides is 4. The highest BCUT2D eigenvalue weighted by Crippen LogP contribution is 2.35. The van der Waals surface area contributed by atoms with Gasteiger partial charge in [-0.25, -0.2) is 0 Å². The highest BCUT2D eigenvalue weighted by atomic mass is 16.5. The molecule has 0 aliphatic carbocycles. The zero-order valence-corrected chi connectivity index (χ0v) is 20.6. The van der Waals surface area contributed by atoms with Gasteiger partial charge in [0.2, 0.25) is 11.8 Å². The van der Waals surface area contributed by atoms with Crippen LogP contribution in [0.25, 0.3) is 0 Å². The van der Waals surface area contributed by atoms with Crippen LogP contribution in [-0.4, -0.2) is 52.3 Å². The Balaban J connectivity index is 1.76. The van der Waals surface area contributed by atoms with Gasteiger partial charge in [0, 0.05) is 24.3 Å². The lowest BCUT2D eigenvalue weighted by Gasteiger charge is -2.39. The molecule has 1 aromatic rings. The van der Waals surface area contributed by atoms with Gasteiger partial charge in [-0.15, -0.1) is 0 Å². The number of ether oxygens (including phenoxy) is 1. The number of fused-ring (bicyclic) bond motifs is 1. The van der Waals surface area contributed by atoms with E-state index in [0.29, 0.717) is 18.7 Å². The van der Waals surface area contributed by atoms with E-state index in [1.807, 2.05) is 13.8 Å². The van der Waals surface area contributed by atoms with Crippen LogP contribution in [0.1, 0.15) is 88.4 Å². The lowest BCUT2D eigenvalue weighted by molar-refractivity contribution is -0.136. The summed E-state index contributed by atoms with van der Waals surface area (Å²) in [6.45, 7) is 15.1. The number of hydrogen-bond acceptors (Lipinski definition) is 6. The molecule has 2 N–H and O–H groups in total. The van der Waals surface area contributed by atoms with E-state index in [2.05, 4.69) is 45.3 Å². The van der Waals surface area contributed by atoms with Crippen LogP contribution < -0.4 is 10.6 Å². The topological polar surface area (TPSA) is 105 Å². The maximum atomic E-state index is 13.3. The van der Waals surface area contributed by atoms with Crippen molar-refractivity contribution in [3.05, 3.63) is 29.3 Å². The molecule has 33 heavy (non-hydrogen) atoms. The number of nitrogens with one attached hydrogen (secondary N) is 2. The average Bonchev–Trinajstić information content (AvgIpc) is 2.92. The smallest absolute Gasteiger partial charge is 0.264 e. The molecule has 1 aromatic carbocycles. The third kappa shape index (κ3) is 4.95. The molecule has 180 valence electrons. The van der Waals surface area contributed by atoms with Crippen molar-refractivity contribution in [3.63, 3.8) is 0 Å². The predicted octanol–water partition coefficient (Wildman–Crippen LogP) is 3.51. The number of nitrogens with zero attached hydrogens (tertiary/aromatic N) is 1. The lowest BCUT2D eigenvalue weighted by Crippen LogP contribution is -2.54. The molecule has 0 aromatic heterocycles. The van der Waals surface area contributed by atoms with Crippen molar-refractivity contribution in [2.24, 2.45) is 5.41 Å². The van der Waals surface area contributed by atoms with Crippen molar-refractivity contribution < 1.29 is 23.9 Å². The highest BCUT2D eigenvalue weighted by molar-refractivity contribution is 6.25. The molecule has 1 saturated heterocycles. The van der Waals surface area contributed by atoms with Crippen LogP contribution in [0.5, 0.6) is 0 Å². The molecule has 1 atom stereocenters. The molecular weight excluding hydrogens is 422 g/mol. The molecule has 0 radical (unpaired) electrons. The molecule has 0 saturated carbocycles. The second-order valence-electron chi connectivity index (χ2n) is 11.0. The van der Waals surface area contributed by atoms with Crippen molar-refractivity contribution in [1.29, 1.82) is 0 Å². The number of piperidine rings is 1. The average molecular weight is 458 g/mol. The van der Waals surface area contributed by atoms with Crippen LogP contribution in [0.2, 0.25) is 0 Å². The molecule has 0 bridgehead atoms. The van der Waals surface area contributed by atoms with Gasteiger partial charge in [-0.3, -0.25) is 29.4 Å². The Morgan fingerprint density at radius 2 is 1.70 bits per heavy atom. The largest absolute Gasteiger partial charge is 0.379 e. The van der Waals surface area contributed by atoms with Crippen molar-refractivity contribution in [1.82, 2.24) is 10.2 Å². The quantitative estimate of drug-likeness (QED) is 0.607. The summed E-state index contributed by atoms with van der Waals surface area (Å²) in [6.07, 6.45) is 0.896. The summed E-state index contributed by atoms with van der Waals surface area (Å²) >= 11 is 0. The van der Waals surface area contributed by atoms with E-state index in [4.69, 9.17) is 4.74 Å². The lowest BCUT2D eigenvalue weighted by atomic mass is 9.79. The first kappa shape index (κ1) is 24.9. The van der Waals surface area contributed by atoms with Gasteiger partial charge in [0.1, 0.15) is 6.04 Å². The minimum Gasteiger partial charge on any atom is -0.379 e. The SMILES string of the molecule is CC(C)(CCOC(C)(C)C(C)(C)C)Nc1cccc2c1C(=O)N(C1CCC(=O)NC1=O)C2=O. The van der Waals surface area contributed by atoms with Gasteiger partial charge in [0.25, 0.3) is 11.8 Å². The van der Waals surface area contributed by atoms with Gasteiger partial charge < -0.3 is 10.1 Å². The monoisotopic (exact) mass is 457 g/mol. The first-order valence-corrected chi connectivity index (χ1v) is 11.4. The fraction of sp³-hybridized carbons (Fsp3) is 0.600. The van der Waals surface area contributed by atoms with Gasteiger partial charge in [0.05, 0.1) is 16.7 Å². The third-order valence-electron chi connectivity index (χ3n) is 6.94. The van der Waals surface area contributed by atoms with Gasteiger partial charge in [-0.2, -0.15) is 0 Å². The Morgan fingerprint density at radius 1 is 1.03 bits per heavy atom. The summed E-state index contributed by atoms with van der Waals surface area (Å²) in [7, 11) is 0.